The van der Waals surface area contributed by atoms with Gasteiger partial charge in [0.25, 0.3) is 5.92 Å². The predicted molar refractivity (Wildman–Crippen MR) is 56.4 cm³/mol. The van der Waals surface area contributed by atoms with E-state index in [1.54, 1.807) is 6.92 Å². The highest BCUT2D eigenvalue weighted by atomic mass is 19.3. The van der Waals surface area contributed by atoms with Gasteiger partial charge in [-0.25, -0.2) is 13.6 Å². The molecule has 0 aromatic heterocycles. The van der Waals surface area contributed by atoms with Gasteiger partial charge in [0, 0.05) is 18.5 Å². The first kappa shape index (κ1) is 13.6. The maximum atomic E-state index is 13.8. The fraction of sp³-hybridized carbons (Fsp3) is 0.636. The summed E-state index contributed by atoms with van der Waals surface area (Å²) in [5.41, 5.74) is 0. The fourth-order valence-electron chi connectivity index (χ4n) is 2.06. The summed E-state index contributed by atoms with van der Waals surface area (Å²) in [7, 11) is 0. The monoisotopic (exact) mass is 244 g/mol. The van der Waals surface area contributed by atoms with Crippen molar-refractivity contribution in [2.45, 2.75) is 25.3 Å². The molecule has 0 aromatic rings. The van der Waals surface area contributed by atoms with E-state index >= 15 is 0 Å². The van der Waals surface area contributed by atoms with Crippen LogP contribution in [0.5, 0.6) is 0 Å². The Bertz CT molecular complexity index is 363. The highest BCUT2D eigenvalue weighted by molar-refractivity contribution is 5.79. The Hall–Kier alpha value is -1.48. The van der Waals surface area contributed by atoms with Crippen LogP contribution in [0, 0.1) is 23.2 Å². The second-order valence-corrected chi connectivity index (χ2v) is 4.02. The second kappa shape index (κ2) is 5.23. The van der Waals surface area contributed by atoms with E-state index in [9.17, 15) is 13.6 Å². The molecule has 1 rings (SSSR count). The minimum atomic E-state index is -3.13. The van der Waals surface area contributed by atoms with Gasteiger partial charge in [0.05, 0.1) is 6.07 Å². The van der Waals surface area contributed by atoms with E-state index in [2.05, 4.69) is 5.32 Å². The van der Waals surface area contributed by atoms with Gasteiger partial charge >= 0.3 is 5.97 Å². The molecule has 3 atom stereocenters. The second-order valence-electron chi connectivity index (χ2n) is 4.02. The van der Waals surface area contributed by atoms with Gasteiger partial charge in [0.1, 0.15) is 0 Å². The molecule has 0 aromatic carbocycles. The number of hydrogen-bond donors (Lipinski definition) is 2. The zero-order valence-corrected chi connectivity index (χ0v) is 9.36. The zero-order chi connectivity index (χ0) is 13.1. The topological polar surface area (TPSA) is 73.1 Å². The number of carboxylic acids is 1. The molecule has 1 aliphatic heterocycles. The van der Waals surface area contributed by atoms with Crippen molar-refractivity contribution < 1.29 is 18.7 Å². The van der Waals surface area contributed by atoms with E-state index < -0.39 is 29.8 Å². The lowest BCUT2D eigenvalue weighted by Crippen LogP contribution is -2.38. The van der Waals surface area contributed by atoms with E-state index in [-0.39, 0.29) is 6.54 Å². The molecule has 1 saturated heterocycles. The Balaban J connectivity index is 2.85. The minimum Gasteiger partial charge on any atom is -0.478 e. The number of carbonyl (C=O) groups is 1. The quantitative estimate of drug-likeness (QED) is 0.733. The third kappa shape index (κ3) is 2.80. The Morgan fingerprint density at radius 3 is 2.82 bits per heavy atom. The number of nitriles is 1. The Kier molecular flexibility index (Phi) is 4.18. The van der Waals surface area contributed by atoms with E-state index in [0.717, 1.165) is 6.08 Å². The summed E-state index contributed by atoms with van der Waals surface area (Å²) < 4.78 is 27.5. The standard InChI is InChI=1S/C11H14F2N2O2/c1-2-7(3-4-10(16)17)8-6-15-9(5-14)11(8,12)13/h3-4,7-9,15H,2,6H2,1H3,(H,16,17). The number of alkyl halides is 2. The lowest BCUT2D eigenvalue weighted by molar-refractivity contribution is -0.131. The number of halogens is 2. The summed E-state index contributed by atoms with van der Waals surface area (Å²) in [6.45, 7) is 1.74. The van der Waals surface area contributed by atoms with Gasteiger partial charge < -0.3 is 5.11 Å². The van der Waals surface area contributed by atoms with Gasteiger partial charge in [-0.05, 0) is 12.3 Å². The first-order valence-electron chi connectivity index (χ1n) is 5.35. The molecule has 0 radical (unpaired) electrons. The lowest BCUT2D eigenvalue weighted by Gasteiger charge is -2.25. The molecule has 2 N–H and O–H groups in total. The normalized spacial score (nSPS) is 29.1. The molecule has 1 aliphatic rings. The van der Waals surface area contributed by atoms with Crippen LogP contribution in [0.25, 0.3) is 0 Å². The summed E-state index contributed by atoms with van der Waals surface area (Å²) in [4.78, 5) is 10.4. The van der Waals surface area contributed by atoms with Crippen molar-refractivity contribution in [1.82, 2.24) is 5.32 Å². The fourth-order valence-corrected chi connectivity index (χ4v) is 2.06. The molecule has 1 fully saturated rings. The van der Waals surface area contributed by atoms with Gasteiger partial charge in [-0.15, -0.1) is 0 Å². The Morgan fingerprint density at radius 2 is 2.41 bits per heavy atom. The summed E-state index contributed by atoms with van der Waals surface area (Å²) >= 11 is 0. The summed E-state index contributed by atoms with van der Waals surface area (Å²) in [6, 6.07) is 0.0402. The first-order chi connectivity index (χ1) is 7.93. The van der Waals surface area contributed by atoms with Crippen LogP contribution in [-0.4, -0.2) is 29.6 Å². The van der Waals surface area contributed by atoms with Gasteiger partial charge in [0.15, 0.2) is 6.04 Å². The molecule has 0 aliphatic carbocycles. The number of carboxylic acid groups (broad SMARTS) is 1. The van der Waals surface area contributed by atoms with Crippen molar-refractivity contribution in [1.29, 1.82) is 5.26 Å². The van der Waals surface area contributed by atoms with Crippen molar-refractivity contribution in [3.63, 3.8) is 0 Å². The Labute approximate surface area is 97.9 Å². The van der Waals surface area contributed by atoms with Crippen molar-refractivity contribution >= 4 is 5.97 Å². The number of rotatable bonds is 4. The number of nitrogens with zero attached hydrogens (tertiary/aromatic N) is 1. The summed E-state index contributed by atoms with van der Waals surface area (Å²) in [6.07, 6.45) is 2.57. The molecule has 4 nitrogen and oxygen atoms in total. The molecular formula is C11H14F2N2O2. The highest BCUT2D eigenvalue weighted by Gasteiger charge is 2.54. The molecule has 17 heavy (non-hydrogen) atoms. The average molecular weight is 244 g/mol. The maximum Gasteiger partial charge on any atom is 0.327 e. The predicted octanol–water partition coefficient (Wildman–Crippen LogP) is 1.40. The van der Waals surface area contributed by atoms with E-state index in [4.69, 9.17) is 10.4 Å². The van der Waals surface area contributed by atoms with Crippen LogP contribution in [0.15, 0.2) is 12.2 Å². The minimum absolute atomic E-state index is 0.0215. The van der Waals surface area contributed by atoms with Crippen molar-refractivity contribution in [3.05, 3.63) is 12.2 Å². The lowest BCUT2D eigenvalue weighted by atomic mass is 9.85. The van der Waals surface area contributed by atoms with E-state index in [1.807, 2.05) is 0 Å². The average Bonchev–Trinajstić information content (AvgIpc) is 2.55. The largest absolute Gasteiger partial charge is 0.478 e. The molecule has 6 heteroatoms. The first-order valence-corrected chi connectivity index (χ1v) is 5.35. The van der Waals surface area contributed by atoms with Gasteiger partial charge in [0.2, 0.25) is 0 Å². The zero-order valence-electron chi connectivity index (χ0n) is 9.36. The smallest absolute Gasteiger partial charge is 0.327 e. The van der Waals surface area contributed by atoms with Crippen LogP contribution in [0.1, 0.15) is 13.3 Å². The van der Waals surface area contributed by atoms with Crippen LogP contribution >= 0.6 is 0 Å². The van der Waals surface area contributed by atoms with Crippen LogP contribution in [0.3, 0.4) is 0 Å². The van der Waals surface area contributed by atoms with E-state index in [1.165, 1.54) is 12.1 Å². The number of nitrogens with one attached hydrogen (secondary N) is 1. The van der Waals surface area contributed by atoms with Crippen LogP contribution < -0.4 is 5.32 Å². The third-order valence-corrected chi connectivity index (χ3v) is 3.02. The maximum absolute atomic E-state index is 13.8. The highest BCUT2D eigenvalue weighted by Crippen LogP contribution is 2.39. The van der Waals surface area contributed by atoms with Crippen LogP contribution in [-0.2, 0) is 4.79 Å². The Morgan fingerprint density at radius 1 is 1.76 bits per heavy atom. The molecule has 0 saturated carbocycles. The molecular weight excluding hydrogens is 230 g/mol. The van der Waals surface area contributed by atoms with Gasteiger partial charge in [-0.1, -0.05) is 13.0 Å². The van der Waals surface area contributed by atoms with Crippen molar-refractivity contribution in [2.75, 3.05) is 6.54 Å². The molecule has 3 unspecified atom stereocenters. The number of aliphatic carboxylic acids is 1. The molecule has 0 spiro atoms. The molecule has 1 heterocycles. The van der Waals surface area contributed by atoms with Crippen LogP contribution in [0.2, 0.25) is 0 Å². The summed E-state index contributed by atoms with van der Waals surface area (Å²) in [5.74, 6) is -5.87. The third-order valence-electron chi connectivity index (χ3n) is 3.02. The SMILES string of the molecule is CCC(C=CC(=O)O)C1CNC(C#N)C1(F)F. The van der Waals surface area contributed by atoms with Crippen molar-refractivity contribution in [2.24, 2.45) is 11.8 Å². The van der Waals surface area contributed by atoms with Crippen LogP contribution in [0.4, 0.5) is 8.78 Å². The van der Waals surface area contributed by atoms with Crippen molar-refractivity contribution in [3.8, 4) is 6.07 Å². The molecule has 0 amide bonds. The molecule has 94 valence electrons. The van der Waals surface area contributed by atoms with E-state index in [0.29, 0.717) is 6.42 Å². The van der Waals surface area contributed by atoms with Gasteiger partial charge in [-0.2, -0.15) is 5.26 Å². The number of allylic oxidation sites excluding steroid dienone is 1. The number of hydrogen-bond acceptors (Lipinski definition) is 3. The molecule has 0 bridgehead atoms. The summed E-state index contributed by atoms with van der Waals surface area (Å²) in [5, 5.41) is 19.5. The van der Waals surface area contributed by atoms with Gasteiger partial charge in [-0.3, -0.25) is 5.32 Å².